The van der Waals surface area contributed by atoms with Gasteiger partial charge in [0.15, 0.2) is 5.75 Å². The van der Waals surface area contributed by atoms with Gasteiger partial charge in [-0.1, -0.05) is 6.07 Å². The van der Waals surface area contributed by atoms with E-state index in [0.717, 1.165) is 12.2 Å². The average Bonchev–Trinajstić information content (AvgIpc) is 2.46. The fraction of sp³-hybridized carbons (Fsp3) is 0.533. The second-order valence-corrected chi connectivity index (χ2v) is 5.75. The van der Waals surface area contributed by atoms with E-state index in [9.17, 15) is 9.90 Å². The summed E-state index contributed by atoms with van der Waals surface area (Å²) in [5.74, 6) is 0.641. The van der Waals surface area contributed by atoms with Gasteiger partial charge < -0.3 is 20.1 Å². The Labute approximate surface area is 118 Å². The Bertz CT molecular complexity index is 518. The zero-order valence-electron chi connectivity index (χ0n) is 11.7. The summed E-state index contributed by atoms with van der Waals surface area (Å²) in [6.45, 7) is 4.33. The molecule has 1 fully saturated rings. The van der Waals surface area contributed by atoms with Crippen LogP contribution in [0.15, 0.2) is 18.2 Å². The van der Waals surface area contributed by atoms with Crippen LogP contribution >= 0.6 is 0 Å². The lowest BCUT2D eigenvalue weighted by Crippen LogP contribution is -2.45. The Kier molecular flexibility index (Phi) is 3.30. The number of hydrogen-bond donors (Lipinski definition) is 2. The third kappa shape index (κ3) is 2.45. The summed E-state index contributed by atoms with van der Waals surface area (Å²) < 4.78 is 5.65. The van der Waals surface area contributed by atoms with Gasteiger partial charge in [0, 0.05) is 19.6 Å². The first-order valence-electron chi connectivity index (χ1n) is 7.08. The van der Waals surface area contributed by atoms with Crippen LogP contribution in [0, 0.1) is 0 Å². The van der Waals surface area contributed by atoms with Crippen LogP contribution in [0.5, 0.6) is 5.75 Å². The van der Waals surface area contributed by atoms with Gasteiger partial charge in [-0.15, -0.1) is 0 Å². The van der Waals surface area contributed by atoms with Gasteiger partial charge in [0.2, 0.25) is 0 Å². The van der Waals surface area contributed by atoms with Crippen LogP contribution in [0.2, 0.25) is 0 Å². The number of aliphatic hydroxyl groups is 1. The van der Waals surface area contributed by atoms with Gasteiger partial charge in [-0.25, -0.2) is 0 Å². The number of carbonyl (C=O) groups excluding carboxylic acids is 1. The van der Waals surface area contributed by atoms with Crippen molar-refractivity contribution in [2.45, 2.75) is 25.4 Å². The van der Waals surface area contributed by atoms with Crippen molar-refractivity contribution < 1.29 is 14.6 Å². The third-order valence-electron chi connectivity index (χ3n) is 4.04. The van der Waals surface area contributed by atoms with Gasteiger partial charge >= 0.3 is 0 Å². The van der Waals surface area contributed by atoms with Gasteiger partial charge in [0.25, 0.3) is 5.91 Å². The molecule has 2 N–H and O–H groups in total. The van der Waals surface area contributed by atoms with Crippen molar-refractivity contribution in [1.29, 1.82) is 0 Å². The van der Waals surface area contributed by atoms with E-state index >= 15 is 0 Å². The van der Waals surface area contributed by atoms with Crippen LogP contribution in [-0.4, -0.2) is 47.8 Å². The molecule has 2 heterocycles. The number of para-hydroxylation sites is 1. The number of carbonyl (C=O) groups is 1. The van der Waals surface area contributed by atoms with E-state index in [1.54, 1.807) is 11.0 Å². The minimum absolute atomic E-state index is 0.0129. The molecule has 3 rings (SSSR count). The molecule has 0 unspecified atom stereocenters. The van der Waals surface area contributed by atoms with Crippen molar-refractivity contribution in [1.82, 2.24) is 4.90 Å². The lowest BCUT2D eigenvalue weighted by atomic mass is 9.93. The Morgan fingerprint density at radius 3 is 2.90 bits per heavy atom. The van der Waals surface area contributed by atoms with E-state index in [-0.39, 0.29) is 5.91 Å². The minimum atomic E-state index is -0.648. The fourth-order valence-electron chi connectivity index (χ4n) is 2.70. The zero-order valence-corrected chi connectivity index (χ0v) is 11.7. The molecule has 0 saturated carbocycles. The molecule has 2 aliphatic rings. The Balaban J connectivity index is 1.81. The van der Waals surface area contributed by atoms with Crippen LogP contribution in [0.1, 0.15) is 30.1 Å². The molecular weight excluding hydrogens is 256 g/mol. The maximum absolute atomic E-state index is 12.6. The maximum Gasteiger partial charge on any atom is 0.257 e. The first kappa shape index (κ1) is 13.2. The van der Waals surface area contributed by atoms with E-state index < -0.39 is 5.60 Å². The summed E-state index contributed by atoms with van der Waals surface area (Å²) in [5, 5.41) is 13.2. The highest BCUT2D eigenvalue weighted by atomic mass is 16.5. The average molecular weight is 276 g/mol. The molecular formula is C15H20N2O3. The highest BCUT2D eigenvalue weighted by molar-refractivity contribution is 5.99. The fourth-order valence-corrected chi connectivity index (χ4v) is 2.70. The highest BCUT2D eigenvalue weighted by Gasteiger charge is 2.31. The zero-order chi connectivity index (χ0) is 14.2. The van der Waals surface area contributed by atoms with Crippen molar-refractivity contribution in [3.63, 3.8) is 0 Å². The lowest BCUT2D eigenvalue weighted by molar-refractivity contribution is -0.00210. The molecule has 2 aliphatic heterocycles. The summed E-state index contributed by atoms with van der Waals surface area (Å²) in [4.78, 5) is 14.4. The van der Waals surface area contributed by atoms with Crippen LogP contribution < -0.4 is 10.1 Å². The number of ether oxygens (including phenoxy) is 1. The quantitative estimate of drug-likeness (QED) is 0.815. The van der Waals surface area contributed by atoms with Crippen molar-refractivity contribution in [3.8, 4) is 5.75 Å². The first-order valence-corrected chi connectivity index (χ1v) is 7.08. The molecule has 1 aromatic carbocycles. The van der Waals surface area contributed by atoms with E-state index in [1.807, 2.05) is 19.1 Å². The smallest absolute Gasteiger partial charge is 0.257 e. The van der Waals surface area contributed by atoms with Gasteiger partial charge in [-0.3, -0.25) is 4.79 Å². The van der Waals surface area contributed by atoms with Crippen LogP contribution in [0.4, 0.5) is 5.69 Å². The summed E-state index contributed by atoms with van der Waals surface area (Å²) in [6.07, 6.45) is 1.24. The Morgan fingerprint density at radius 2 is 2.15 bits per heavy atom. The van der Waals surface area contributed by atoms with Gasteiger partial charge in [-0.2, -0.15) is 0 Å². The number of likely N-dealkylation sites (tertiary alicyclic amines) is 1. The highest BCUT2D eigenvalue weighted by Crippen LogP contribution is 2.33. The van der Waals surface area contributed by atoms with Crippen molar-refractivity contribution >= 4 is 11.6 Å². The van der Waals surface area contributed by atoms with Gasteiger partial charge in [0.05, 0.1) is 16.9 Å². The molecule has 20 heavy (non-hydrogen) atoms. The summed E-state index contributed by atoms with van der Waals surface area (Å²) in [6, 6.07) is 5.60. The largest absolute Gasteiger partial charge is 0.489 e. The monoisotopic (exact) mass is 276 g/mol. The minimum Gasteiger partial charge on any atom is -0.489 e. The molecule has 0 spiro atoms. The number of anilines is 1. The molecule has 1 aromatic rings. The standard InChI is InChI=1S/C15H20N2O3/c1-15(19)5-8-17(9-6-15)14(18)11-3-2-4-12-13(11)20-10-7-16-12/h2-4,16,19H,5-10H2,1H3. The van der Waals surface area contributed by atoms with Crippen molar-refractivity contribution in [2.75, 3.05) is 31.6 Å². The summed E-state index contributed by atoms with van der Waals surface area (Å²) >= 11 is 0. The number of hydrogen-bond acceptors (Lipinski definition) is 4. The predicted octanol–water partition coefficient (Wildman–Crippen LogP) is 1.48. The molecule has 5 heteroatoms. The normalized spacial score (nSPS) is 20.6. The number of rotatable bonds is 1. The maximum atomic E-state index is 12.6. The molecule has 1 amide bonds. The van der Waals surface area contributed by atoms with Gasteiger partial charge in [-0.05, 0) is 31.9 Å². The second-order valence-electron chi connectivity index (χ2n) is 5.75. The first-order chi connectivity index (χ1) is 9.57. The summed E-state index contributed by atoms with van der Waals surface area (Å²) in [5.41, 5.74) is 0.840. The Morgan fingerprint density at radius 1 is 1.40 bits per heavy atom. The number of nitrogens with one attached hydrogen (secondary N) is 1. The number of fused-ring (bicyclic) bond motifs is 1. The molecule has 5 nitrogen and oxygen atoms in total. The number of benzene rings is 1. The molecule has 1 saturated heterocycles. The number of piperidine rings is 1. The van der Waals surface area contributed by atoms with Crippen LogP contribution in [0.3, 0.4) is 0 Å². The third-order valence-corrected chi connectivity index (χ3v) is 4.04. The van der Waals surface area contributed by atoms with Crippen molar-refractivity contribution in [3.05, 3.63) is 23.8 Å². The number of nitrogens with zero attached hydrogens (tertiary/aromatic N) is 1. The molecule has 0 bridgehead atoms. The Hall–Kier alpha value is -1.75. The van der Waals surface area contributed by atoms with Crippen LogP contribution in [-0.2, 0) is 0 Å². The topological polar surface area (TPSA) is 61.8 Å². The lowest BCUT2D eigenvalue weighted by Gasteiger charge is -2.36. The van der Waals surface area contributed by atoms with E-state index in [1.165, 1.54) is 0 Å². The molecule has 0 atom stereocenters. The number of amides is 1. The van der Waals surface area contributed by atoms with Gasteiger partial charge in [0.1, 0.15) is 6.61 Å². The van der Waals surface area contributed by atoms with Crippen molar-refractivity contribution in [2.24, 2.45) is 0 Å². The van der Waals surface area contributed by atoms with Crippen LogP contribution in [0.25, 0.3) is 0 Å². The SMILES string of the molecule is CC1(O)CCN(C(=O)c2cccc3c2OCCN3)CC1. The molecule has 0 aliphatic carbocycles. The summed E-state index contributed by atoms with van der Waals surface area (Å²) in [7, 11) is 0. The molecule has 108 valence electrons. The molecule has 0 aromatic heterocycles. The van der Waals surface area contributed by atoms with E-state index in [2.05, 4.69) is 5.32 Å². The van der Waals surface area contributed by atoms with E-state index in [0.29, 0.717) is 43.9 Å². The van der Waals surface area contributed by atoms with E-state index in [4.69, 9.17) is 4.74 Å². The second kappa shape index (κ2) is 4.98. The predicted molar refractivity (Wildman–Crippen MR) is 76.2 cm³/mol. The molecule has 0 radical (unpaired) electrons.